The molecule has 0 spiro atoms. The number of phenols is 1. The van der Waals surface area contributed by atoms with E-state index in [1.165, 1.54) is 12.1 Å². The number of nitrogens with zero attached hydrogens (tertiary/aromatic N) is 2. The molecule has 3 rings (SSSR count). The highest BCUT2D eigenvalue weighted by Crippen LogP contribution is 2.27. The lowest BCUT2D eigenvalue weighted by Gasteiger charge is -2.22. The summed E-state index contributed by atoms with van der Waals surface area (Å²) < 4.78 is 13.1. The number of hydrogen-bond acceptors (Lipinski definition) is 3. The Morgan fingerprint density at radius 1 is 1.19 bits per heavy atom. The number of H-pyrrole nitrogens is 1. The van der Waals surface area contributed by atoms with Crippen LogP contribution >= 0.6 is 0 Å². The Morgan fingerprint density at radius 3 is 2.63 bits per heavy atom. The number of halogens is 1. The zero-order valence-electron chi connectivity index (χ0n) is 15.2. The molecule has 27 heavy (non-hydrogen) atoms. The molecular weight excluding hydrogens is 345 g/mol. The summed E-state index contributed by atoms with van der Waals surface area (Å²) in [6.45, 7) is 3.05. The molecular formula is C21H22FN3O2. The molecule has 2 N–H and O–H groups in total. The third-order valence-electron chi connectivity index (χ3n) is 4.34. The summed E-state index contributed by atoms with van der Waals surface area (Å²) >= 11 is 0. The van der Waals surface area contributed by atoms with E-state index in [-0.39, 0.29) is 17.5 Å². The second-order valence-corrected chi connectivity index (χ2v) is 6.39. The van der Waals surface area contributed by atoms with Crippen molar-refractivity contribution in [3.05, 3.63) is 71.7 Å². The van der Waals surface area contributed by atoms with Gasteiger partial charge in [0.05, 0.1) is 5.69 Å². The van der Waals surface area contributed by atoms with Gasteiger partial charge >= 0.3 is 0 Å². The van der Waals surface area contributed by atoms with Crippen LogP contribution in [0.15, 0.2) is 54.6 Å². The molecule has 3 aromatic rings. The van der Waals surface area contributed by atoms with E-state index in [4.69, 9.17) is 0 Å². The summed E-state index contributed by atoms with van der Waals surface area (Å²) in [5.41, 5.74) is 2.29. The Morgan fingerprint density at radius 2 is 1.93 bits per heavy atom. The second-order valence-electron chi connectivity index (χ2n) is 6.39. The van der Waals surface area contributed by atoms with E-state index in [0.717, 1.165) is 18.4 Å². The van der Waals surface area contributed by atoms with Crippen LogP contribution in [0.2, 0.25) is 0 Å². The highest BCUT2D eigenvalue weighted by molar-refractivity contribution is 5.93. The molecule has 0 atom stereocenters. The summed E-state index contributed by atoms with van der Waals surface area (Å²) in [6.07, 6.45) is 1.83. The number of phenolic OH excluding ortho intramolecular Hbond substituents is 1. The van der Waals surface area contributed by atoms with Crippen molar-refractivity contribution >= 4 is 5.91 Å². The smallest absolute Gasteiger partial charge is 0.272 e. The first-order valence-corrected chi connectivity index (χ1v) is 8.96. The van der Waals surface area contributed by atoms with Crippen LogP contribution in [0.5, 0.6) is 5.75 Å². The topological polar surface area (TPSA) is 69.2 Å². The molecule has 0 aliphatic heterocycles. The molecule has 1 heterocycles. The third-order valence-corrected chi connectivity index (χ3v) is 4.34. The predicted octanol–water partition coefficient (Wildman–Crippen LogP) is 4.36. The van der Waals surface area contributed by atoms with Crippen molar-refractivity contribution in [3.8, 4) is 17.0 Å². The van der Waals surface area contributed by atoms with Gasteiger partial charge in [-0.1, -0.05) is 37.6 Å². The van der Waals surface area contributed by atoms with Gasteiger partial charge < -0.3 is 10.0 Å². The van der Waals surface area contributed by atoms with Crippen molar-refractivity contribution in [2.24, 2.45) is 0 Å². The lowest BCUT2D eigenvalue weighted by atomic mass is 10.1. The number of amides is 1. The highest BCUT2D eigenvalue weighted by Gasteiger charge is 2.19. The van der Waals surface area contributed by atoms with Gasteiger partial charge in [-0.05, 0) is 42.3 Å². The minimum absolute atomic E-state index is 0.108. The molecule has 0 saturated heterocycles. The van der Waals surface area contributed by atoms with Crippen LogP contribution in [0.1, 0.15) is 35.8 Å². The number of para-hydroxylation sites is 1. The number of aromatic hydroxyl groups is 1. The first kappa shape index (κ1) is 18.6. The van der Waals surface area contributed by atoms with Gasteiger partial charge in [-0.25, -0.2) is 4.39 Å². The lowest BCUT2D eigenvalue weighted by Crippen LogP contribution is -2.31. The monoisotopic (exact) mass is 367 g/mol. The van der Waals surface area contributed by atoms with Crippen LogP contribution in [0.4, 0.5) is 4.39 Å². The van der Waals surface area contributed by atoms with Gasteiger partial charge in [-0.3, -0.25) is 9.89 Å². The van der Waals surface area contributed by atoms with E-state index < -0.39 is 0 Å². The van der Waals surface area contributed by atoms with Crippen LogP contribution in [0.3, 0.4) is 0 Å². The van der Waals surface area contributed by atoms with E-state index in [0.29, 0.717) is 30.0 Å². The van der Waals surface area contributed by atoms with Crippen molar-refractivity contribution < 1.29 is 14.3 Å². The summed E-state index contributed by atoms with van der Waals surface area (Å²) in [5.74, 6) is -0.370. The van der Waals surface area contributed by atoms with Crippen molar-refractivity contribution in [1.82, 2.24) is 15.1 Å². The van der Waals surface area contributed by atoms with E-state index >= 15 is 0 Å². The molecule has 1 amide bonds. The standard InChI is InChI=1S/C21H22FN3O2/c1-2-3-12-25(14-15-8-10-16(22)11-9-15)21(27)19-13-18(23-24-19)17-6-4-5-7-20(17)26/h4-11,13,26H,2-3,12,14H2,1H3,(H,23,24). The molecule has 0 bridgehead atoms. The first-order valence-electron chi connectivity index (χ1n) is 8.96. The van der Waals surface area contributed by atoms with Crippen molar-refractivity contribution in [1.29, 1.82) is 0 Å². The van der Waals surface area contributed by atoms with Gasteiger partial charge in [0, 0.05) is 18.7 Å². The quantitative estimate of drug-likeness (QED) is 0.652. The Bertz CT molecular complexity index is 906. The maximum Gasteiger partial charge on any atom is 0.272 e. The Labute approximate surface area is 157 Å². The number of aromatic nitrogens is 2. The largest absolute Gasteiger partial charge is 0.507 e. The minimum atomic E-state index is -0.300. The molecule has 0 aliphatic carbocycles. The van der Waals surface area contributed by atoms with E-state index in [9.17, 15) is 14.3 Å². The molecule has 0 fully saturated rings. The third kappa shape index (κ3) is 4.53. The van der Waals surface area contributed by atoms with E-state index in [1.807, 2.05) is 0 Å². The highest BCUT2D eigenvalue weighted by atomic mass is 19.1. The zero-order chi connectivity index (χ0) is 19.2. The number of benzene rings is 2. The van der Waals surface area contributed by atoms with Crippen LogP contribution in [0.25, 0.3) is 11.3 Å². The minimum Gasteiger partial charge on any atom is -0.507 e. The summed E-state index contributed by atoms with van der Waals surface area (Å²) in [6, 6.07) is 14.6. The molecule has 2 aromatic carbocycles. The molecule has 5 nitrogen and oxygen atoms in total. The van der Waals surface area contributed by atoms with E-state index in [2.05, 4.69) is 17.1 Å². The Hall–Kier alpha value is -3.15. The maximum atomic E-state index is 13.1. The average molecular weight is 367 g/mol. The second kappa shape index (κ2) is 8.49. The Kier molecular flexibility index (Phi) is 5.86. The van der Waals surface area contributed by atoms with Crippen LogP contribution in [-0.2, 0) is 6.54 Å². The molecule has 0 saturated carbocycles. The molecule has 0 aliphatic rings. The fraction of sp³-hybridized carbons (Fsp3) is 0.238. The molecule has 6 heteroatoms. The number of carbonyl (C=O) groups excluding carboxylic acids is 1. The number of aromatic amines is 1. The zero-order valence-corrected chi connectivity index (χ0v) is 15.2. The van der Waals surface area contributed by atoms with Gasteiger partial charge in [0.1, 0.15) is 17.3 Å². The van der Waals surface area contributed by atoms with Gasteiger partial charge in [-0.15, -0.1) is 0 Å². The van der Waals surface area contributed by atoms with Crippen molar-refractivity contribution in [3.63, 3.8) is 0 Å². The molecule has 0 radical (unpaired) electrons. The molecule has 0 unspecified atom stereocenters. The fourth-order valence-electron chi connectivity index (χ4n) is 2.84. The van der Waals surface area contributed by atoms with Gasteiger partial charge in [0.15, 0.2) is 0 Å². The Balaban J connectivity index is 1.81. The number of nitrogens with one attached hydrogen (secondary N) is 1. The van der Waals surface area contributed by atoms with Crippen LogP contribution in [0, 0.1) is 5.82 Å². The van der Waals surface area contributed by atoms with Crippen molar-refractivity contribution in [2.75, 3.05) is 6.54 Å². The fourth-order valence-corrected chi connectivity index (χ4v) is 2.84. The normalized spacial score (nSPS) is 10.7. The number of carbonyl (C=O) groups is 1. The number of rotatable bonds is 7. The van der Waals surface area contributed by atoms with Crippen LogP contribution in [-0.4, -0.2) is 32.7 Å². The van der Waals surface area contributed by atoms with Gasteiger partial charge in [0.25, 0.3) is 5.91 Å². The summed E-state index contributed by atoms with van der Waals surface area (Å²) in [4.78, 5) is 14.7. The van der Waals surface area contributed by atoms with Crippen molar-refractivity contribution in [2.45, 2.75) is 26.3 Å². The summed E-state index contributed by atoms with van der Waals surface area (Å²) in [7, 11) is 0. The lowest BCUT2D eigenvalue weighted by molar-refractivity contribution is 0.0735. The SMILES string of the molecule is CCCCN(Cc1ccc(F)cc1)C(=O)c1cc(-c2ccccc2O)n[nH]1. The van der Waals surface area contributed by atoms with Gasteiger partial charge in [0.2, 0.25) is 0 Å². The number of hydrogen-bond donors (Lipinski definition) is 2. The first-order chi connectivity index (χ1) is 13.1. The van der Waals surface area contributed by atoms with Gasteiger partial charge in [-0.2, -0.15) is 5.10 Å². The summed E-state index contributed by atoms with van der Waals surface area (Å²) in [5, 5.41) is 16.9. The number of unbranched alkanes of at least 4 members (excludes halogenated alkanes) is 1. The predicted molar refractivity (Wildman–Crippen MR) is 102 cm³/mol. The van der Waals surface area contributed by atoms with E-state index in [1.54, 1.807) is 47.4 Å². The molecule has 1 aromatic heterocycles. The maximum absolute atomic E-state index is 13.1. The average Bonchev–Trinajstić information content (AvgIpc) is 3.16. The van der Waals surface area contributed by atoms with Crippen LogP contribution < -0.4 is 0 Å². The molecule has 140 valence electrons.